The summed E-state index contributed by atoms with van der Waals surface area (Å²) in [7, 11) is 0. The van der Waals surface area contributed by atoms with E-state index in [1.807, 2.05) is 12.3 Å². The first-order valence-electron chi connectivity index (χ1n) is 7.31. The molecule has 3 nitrogen and oxygen atoms in total. The van der Waals surface area contributed by atoms with Crippen molar-refractivity contribution in [3.05, 3.63) is 58.7 Å². The largest absolute Gasteiger partial charge is 0.308 e. The summed E-state index contributed by atoms with van der Waals surface area (Å²) in [5.74, 6) is 0.906. The molecule has 0 aliphatic heterocycles. The standard InChI is InChI=1S/C17H21N3/c1-12-3-4-14(9-13(12)2)10-17-18-8-7-16(20-17)11-19-15-5-6-15/h3-4,7-9,15,19H,5-6,10-11H2,1-2H3. The lowest BCUT2D eigenvalue weighted by Crippen LogP contribution is -2.16. The van der Waals surface area contributed by atoms with Crippen LogP contribution in [0.5, 0.6) is 0 Å². The lowest BCUT2D eigenvalue weighted by Gasteiger charge is -2.07. The lowest BCUT2D eigenvalue weighted by molar-refractivity contribution is 0.668. The summed E-state index contributed by atoms with van der Waals surface area (Å²) in [5.41, 5.74) is 5.03. The molecule has 0 saturated heterocycles. The third-order valence-corrected chi connectivity index (χ3v) is 3.85. The van der Waals surface area contributed by atoms with Gasteiger partial charge in [0, 0.05) is 25.2 Å². The molecule has 1 heterocycles. The van der Waals surface area contributed by atoms with E-state index in [-0.39, 0.29) is 0 Å². The molecule has 0 amide bonds. The number of aromatic nitrogens is 2. The molecule has 1 fully saturated rings. The molecule has 1 aliphatic rings. The monoisotopic (exact) mass is 267 g/mol. The molecule has 0 radical (unpaired) electrons. The molecule has 3 heteroatoms. The average molecular weight is 267 g/mol. The van der Waals surface area contributed by atoms with Gasteiger partial charge in [0.1, 0.15) is 5.82 Å². The van der Waals surface area contributed by atoms with E-state index in [4.69, 9.17) is 0 Å². The molecular weight excluding hydrogens is 246 g/mol. The fraction of sp³-hybridized carbons (Fsp3) is 0.412. The van der Waals surface area contributed by atoms with Crippen LogP contribution in [0.3, 0.4) is 0 Å². The van der Waals surface area contributed by atoms with Gasteiger partial charge in [-0.25, -0.2) is 9.97 Å². The van der Waals surface area contributed by atoms with Crippen LogP contribution >= 0.6 is 0 Å². The number of nitrogens with one attached hydrogen (secondary N) is 1. The zero-order chi connectivity index (χ0) is 13.9. The van der Waals surface area contributed by atoms with Crippen LogP contribution in [0.1, 0.15) is 41.1 Å². The summed E-state index contributed by atoms with van der Waals surface area (Å²) in [4.78, 5) is 9.04. The molecular formula is C17H21N3. The van der Waals surface area contributed by atoms with Gasteiger partial charge in [-0.3, -0.25) is 0 Å². The molecule has 3 rings (SSSR count). The van der Waals surface area contributed by atoms with E-state index in [9.17, 15) is 0 Å². The van der Waals surface area contributed by atoms with E-state index in [0.29, 0.717) is 6.04 Å². The maximum atomic E-state index is 4.65. The summed E-state index contributed by atoms with van der Waals surface area (Å²) < 4.78 is 0. The minimum atomic E-state index is 0.716. The third-order valence-electron chi connectivity index (χ3n) is 3.85. The topological polar surface area (TPSA) is 37.8 Å². The van der Waals surface area contributed by atoms with Crippen molar-refractivity contribution in [1.29, 1.82) is 0 Å². The molecule has 20 heavy (non-hydrogen) atoms. The highest BCUT2D eigenvalue weighted by molar-refractivity contribution is 5.31. The first-order valence-corrected chi connectivity index (χ1v) is 7.31. The van der Waals surface area contributed by atoms with Crippen LogP contribution in [0, 0.1) is 13.8 Å². The van der Waals surface area contributed by atoms with E-state index >= 15 is 0 Å². The molecule has 0 atom stereocenters. The molecule has 1 N–H and O–H groups in total. The highest BCUT2D eigenvalue weighted by atomic mass is 15.0. The predicted octanol–water partition coefficient (Wildman–Crippen LogP) is 2.94. The third kappa shape index (κ3) is 3.42. The second kappa shape index (κ2) is 5.71. The van der Waals surface area contributed by atoms with Crippen molar-refractivity contribution in [3.8, 4) is 0 Å². The van der Waals surface area contributed by atoms with Crippen molar-refractivity contribution in [2.75, 3.05) is 0 Å². The highest BCUT2D eigenvalue weighted by Crippen LogP contribution is 2.19. The number of rotatable bonds is 5. The number of hydrogen-bond donors (Lipinski definition) is 1. The van der Waals surface area contributed by atoms with E-state index < -0.39 is 0 Å². The van der Waals surface area contributed by atoms with Crippen molar-refractivity contribution in [3.63, 3.8) is 0 Å². The summed E-state index contributed by atoms with van der Waals surface area (Å²) in [6.07, 6.45) is 5.28. The summed E-state index contributed by atoms with van der Waals surface area (Å²) in [6, 6.07) is 9.28. The number of benzene rings is 1. The second-order valence-electron chi connectivity index (χ2n) is 5.71. The SMILES string of the molecule is Cc1ccc(Cc2nccc(CNC3CC3)n2)cc1C. The fourth-order valence-corrected chi connectivity index (χ4v) is 2.26. The zero-order valence-corrected chi connectivity index (χ0v) is 12.2. The average Bonchev–Trinajstić information content (AvgIpc) is 3.25. The molecule has 0 unspecified atom stereocenters. The number of aryl methyl sites for hydroxylation is 2. The normalized spacial score (nSPS) is 14.5. The van der Waals surface area contributed by atoms with Crippen molar-refractivity contribution < 1.29 is 0 Å². The number of nitrogens with zero attached hydrogens (tertiary/aromatic N) is 2. The maximum Gasteiger partial charge on any atom is 0.132 e. The minimum absolute atomic E-state index is 0.716. The lowest BCUT2D eigenvalue weighted by atomic mass is 10.0. The minimum Gasteiger partial charge on any atom is -0.308 e. The molecule has 1 aliphatic carbocycles. The molecule has 1 aromatic carbocycles. The van der Waals surface area contributed by atoms with Crippen LogP contribution in [0.25, 0.3) is 0 Å². The molecule has 2 aromatic rings. The van der Waals surface area contributed by atoms with Gasteiger partial charge in [-0.15, -0.1) is 0 Å². The summed E-state index contributed by atoms with van der Waals surface area (Å²) in [6.45, 7) is 5.14. The van der Waals surface area contributed by atoms with Gasteiger partial charge in [-0.1, -0.05) is 18.2 Å². The van der Waals surface area contributed by atoms with Crippen LogP contribution in [0.15, 0.2) is 30.5 Å². The summed E-state index contributed by atoms with van der Waals surface area (Å²) in [5, 5.41) is 3.49. The molecule has 0 bridgehead atoms. The zero-order valence-electron chi connectivity index (χ0n) is 12.2. The highest BCUT2D eigenvalue weighted by Gasteiger charge is 2.20. The van der Waals surface area contributed by atoms with Gasteiger partial charge in [0.2, 0.25) is 0 Å². The molecule has 104 valence electrons. The Morgan fingerprint density at radius 1 is 1.15 bits per heavy atom. The first kappa shape index (κ1) is 13.3. The van der Waals surface area contributed by atoms with Gasteiger partial charge < -0.3 is 5.32 Å². The molecule has 0 spiro atoms. The van der Waals surface area contributed by atoms with Gasteiger partial charge in [-0.05, 0) is 49.4 Å². The Morgan fingerprint density at radius 3 is 2.75 bits per heavy atom. The molecule has 1 aromatic heterocycles. The summed E-state index contributed by atoms with van der Waals surface area (Å²) >= 11 is 0. The Kier molecular flexibility index (Phi) is 3.79. The van der Waals surface area contributed by atoms with E-state index in [1.165, 1.54) is 29.5 Å². The maximum absolute atomic E-state index is 4.65. The van der Waals surface area contributed by atoms with Crippen LogP contribution < -0.4 is 5.32 Å². The van der Waals surface area contributed by atoms with E-state index in [2.05, 4.69) is 47.3 Å². The Morgan fingerprint density at radius 2 is 2.00 bits per heavy atom. The van der Waals surface area contributed by atoms with Gasteiger partial charge >= 0.3 is 0 Å². The van der Waals surface area contributed by atoms with E-state index in [1.54, 1.807) is 0 Å². The van der Waals surface area contributed by atoms with Crippen molar-refractivity contribution in [2.24, 2.45) is 0 Å². The Labute approximate surface area is 120 Å². The Bertz CT molecular complexity index is 603. The van der Waals surface area contributed by atoms with Crippen LogP contribution in [0.4, 0.5) is 0 Å². The van der Waals surface area contributed by atoms with Crippen LogP contribution in [0.2, 0.25) is 0 Å². The Balaban J connectivity index is 1.69. The van der Waals surface area contributed by atoms with E-state index in [0.717, 1.165) is 24.5 Å². The fourth-order valence-electron chi connectivity index (χ4n) is 2.26. The smallest absolute Gasteiger partial charge is 0.132 e. The van der Waals surface area contributed by atoms with Gasteiger partial charge in [-0.2, -0.15) is 0 Å². The van der Waals surface area contributed by atoms with Crippen LogP contribution in [-0.4, -0.2) is 16.0 Å². The number of hydrogen-bond acceptors (Lipinski definition) is 3. The van der Waals surface area contributed by atoms with Gasteiger partial charge in [0.25, 0.3) is 0 Å². The molecule has 1 saturated carbocycles. The first-order chi connectivity index (χ1) is 9.70. The van der Waals surface area contributed by atoms with Gasteiger partial charge in [0.05, 0.1) is 5.69 Å². The van der Waals surface area contributed by atoms with Crippen LogP contribution in [-0.2, 0) is 13.0 Å². The van der Waals surface area contributed by atoms with Gasteiger partial charge in [0.15, 0.2) is 0 Å². The predicted molar refractivity (Wildman–Crippen MR) is 80.6 cm³/mol. The van der Waals surface area contributed by atoms with Crippen molar-refractivity contribution in [2.45, 2.75) is 45.7 Å². The van der Waals surface area contributed by atoms with Crippen molar-refractivity contribution >= 4 is 0 Å². The van der Waals surface area contributed by atoms with Crippen molar-refractivity contribution in [1.82, 2.24) is 15.3 Å². The Hall–Kier alpha value is -1.74. The second-order valence-corrected chi connectivity index (χ2v) is 5.71. The quantitative estimate of drug-likeness (QED) is 0.905.